The van der Waals surface area contributed by atoms with Gasteiger partial charge in [-0.15, -0.1) is 11.3 Å². The molecule has 0 unspecified atom stereocenters. The van der Waals surface area contributed by atoms with Crippen molar-refractivity contribution in [3.63, 3.8) is 0 Å². The zero-order valence-electron chi connectivity index (χ0n) is 9.00. The maximum atomic E-state index is 11.0. The Morgan fingerprint density at radius 3 is 2.50 bits per heavy atom. The summed E-state index contributed by atoms with van der Waals surface area (Å²) in [5.74, 6) is 0.116. The molecule has 76 valence electrons. The van der Waals surface area contributed by atoms with Crippen LogP contribution in [0.3, 0.4) is 0 Å². The van der Waals surface area contributed by atoms with Crippen LogP contribution in [0.25, 0.3) is 0 Å². The number of carbonyl (C=O) groups is 1. The van der Waals surface area contributed by atoms with E-state index in [1.807, 2.05) is 39.1 Å². The molecule has 0 aliphatic rings. The van der Waals surface area contributed by atoms with Crippen molar-refractivity contribution in [3.05, 3.63) is 21.9 Å². The van der Waals surface area contributed by atoms with E-state index in [1.54, 1.807) is 6.92 Å². The number of rotatable bonds is 2. The first-order valence-corrected chi connectivity index (χ1v) is 5.36. The Kier molecular flexibility index (Phi) is 3.21. The first-order valence-electron chi connectivity index (χ1n) is 4.54. The van der Waals surface area contributed by atoms with E-state index in [0.29, 0.717) is 0 Å². The molecule has 0 amide bonds. The van der Waals surface area contributed by atoms with E-state index < -0.39 is 0 Å². The van der Waals surface area contributed by atoms with Gasteiger partial charge in [-0.2, -0.15) is 0 Å². The number of hydrogen-bond donors (Lipinski definition) is 0. The summed E-state index contributed by atoms with van der Waals surface area (Å²) < 4.78 is 0. The second-order valence-corrected chi connectivity index (χ2v) is 5.30. The normalized spacial score (nSPS) is 12.3. The Bertz CT molecular complexity index is 358. The molecule has 0 spiro atoms. The van der Waals surface area contributed by atoms with Gasteiger partial charge in [0.1, 0.15) is 0 Å². The maximum absolute atomic E-state index is 11.0. The van der Waals surface area contributed by atoms with Crippen LogP contribution in [0.1, 0.15) is 42.2 Å². The fraction of sp³-hybridized carbons (Fsp3) is 0.455. The quantitative estimate of drug-likeness (QED) is 0.543. The molecule has 1 rings (SSSR count). The van der Waals surface area contributed by atoms with Crippen molar-refractivity contribution in [3.8, 4) is 0 Å². The van der Waals surface area contributed by atoms with Crippen LogP contribution in [-0.4, -0.2) is 17.5 Å². The van der Waals surface area contributed by atoms with E-state index in [4.69, 9.17) is 0 Å². The van der Waals surface area contributed by atoms with Crippen LogP contribution in [0, 0.1) is 0 Å². The molecule has 2 nitrogen and oxygen atoms in total. The molecule has 1 aromatic heterocycles. The average molecular weight is 209 g/mol. The number of ketones is 1. The molecule has 1 aromatic rings. The number of carbonyl (C=O) groups excluding carboxylic acids is 1. The van der Waals surface area contributed by atoms with Crippen LogP contribution in [0.15, 0.2) is 17.1 Å². The standard InChI is InChI=1S/C11H15NOS/c1-8(13)10-6-5-9(14-10)7-12-11(2,3)4/h5-7H,1-4H3. The fourth-order valence-electron chi connectivity index (χ4n) is 0.869. The molecule has 0 aromatic carbocycles. The highest BCUT2D eigenvalue weighted by atomic mass is 32.1. The lowest BCUT2D eigenvalue weighted by atomic mass is 10.1. The van der Waals surface area contributed by atoms with Gasteiger partial charge >= 0.3 is 0 Å². The molecule has 0 saturated heterocycles. The third-order valence-corrected chi connectivity index (χ3v) is 2.67. The lowest BCUT2D eigenvalue weighted by molar-refractivity contribution is 0.102. The molecule has 0 fully saturated rings. The van der Waals surface area contributed by atoms with Gasteiger partial charge in [0.2, 0.25) is 0 Å². The number of Topliss-reactive ketones (excluding diaryl/α,β-unsaturated/α-hetero) is 1. The van der Waals surface area contributed by atoms with Gasteiger partial charge in [0.25, 0.3) is 0 Å². The third-order valence-electron chi connectivity index (χ3n) is 1.55. The zero-order valence-corrected chi connectivity index (χ0v) is 9.81. The van der Waals surface area contributed by atoms with Crippen LogP contribution in [0.5, 0.6) is 0 Å². The summed E-state index contributed by atoms with van der Waals surface area (Å²) in [7, 11) is 0. The molecule has 0 atom stereocenters. The van der Waals surface area contributed by atoms with Gasteiger partial charge in [-0.05, 0) is 39.8 Å². The van der Waals surface area contributed by atoms with E-state index in [9.17, 15) is 4.79 Å². The molecular weight excluding hydrogens is 194 g/mol. The van der Waals surface area contributed by atoms with Crippen LogP contribution in [0.4, 0.5) is 0 Å². The first-order chi connectivity index (χ1) is 6.38. The highest BCUT2D eigenvalue weighted by Gasteiger charge is 2.06. The SMILES string of the molecule is CC(=O)c1ccc(C=NC(C)(C)C)s1. The van der Waals surface area contributed by atoms with Crippen LogP contribution in [-0.2, 0) is 0 Å². The van der Waals surface area contributed by atoms with Crippen LogP contribution in [0.2, 0.25) is 0 Å². The van der Waals surface area contributed by atoms with Gasteiger partial charge in [-0.1, -0.05) is 0 Å². The van der Waals surface area contributed by atoms with Gasteiger partial charge in [-0.3, -0.25) is 9.79 Å². The number of aliphatic imine (C=N–C) groups is 1. The van der Waals surface area contributed by atoms with Crippen molar-refractivity contribution in [1.82, 2.24) is 0 Å². The third kappa shape index (κ3) is 3.42. The Morgan fingerprint density at radius 1 is 1.43 bits per heavy atom. The summed E-state index contributed by atoms with van der Waals surface area (Å²) in [6, 6.07) is 3.77. The fourth-order valence-corrected chi connectivity index (χ4v) is 1.64. The van der Waals surface area contributed by atoms with E-state index in [-0.39, 0.29) is 11.3 Å². The number of thiophene rings is 1. The van der Waals surface area contributed by atoms with E-state index in [1.165, 1.54) is 11.3 Å². The molecule has 0 aliphatic carbocycles. The Balaban J connectivity index is 2.79. The molecule has 0 radical (unpaired) electrons. The minimum Gasteiger partial charge on any atom is -0.294 e. The second kappa shape index (κ2) is 4.05. The molecule has 14 heavy (non-hydrogen) atoms. The average Bonchev–Trinajstić information content (AvgIpc) is 2.47. The second-order valence-electron chi connectivity index (χ2n) is 4.19. The topological polar surface area (TPSA) is 29.4 Å². The summed E-state index contributed by atoms with van der Waals surface area (Å²) in [5.41, 5.74) is -0.0552. The smallest absolute Gasteiger partial charge is 0.169 e. The van der Waals surface area contributed by atoms with Crippen molar-refractivity contribution in [1.29, 1.82) is 0 Å². The van der Waals surface area contributed by atoms with Crippen molar-refractivity contribution in [2.45, 2.75) is 33.2 Å². The van der Waals surface area contributed by atoms with Gasteiger partial charge in [0.15, 0.2) is 5.78 Å². The first kappa shape index (κ1) is 11.1. The highest BCUT2D eigenvalue weighted by molar-refractivity contribution is 7.15. The predicted octanol–water partition coefficient (Wildman–Crippen LogP) is 3.17. The molecule has 0 bridgehead atoms. The molecule has 3 heteroatoms. The Morgan fingerprint density at radius 2 is 2.07 bits per heavy atom. The zero-order chi connectivity index (χ0) is 10.8. The lowest BCUT2D eigenvalue weighted by Crippen LogP contribution is -2.09. The Labute approximate surface area is 88.7 Å². The van der Waals surface area contributed by atoms with E-state index in [0.717, 1.165) is 9.75 Å². The number of nitrogens with zero attached hydrogens (tertiary/aromatic N) is 1. The van der Waals surface area contributed by atoms with Crippen molar-refractivity contribution in [2.24, 2.45) is 4.99 Å². The highest BCUT2D eigenvalue weighted by Crippen LogP contribution is 2.16. The summed E-state index contributed by atoms with van der Waals surface area (Å²) in [4.78, 5) is 17.2. The largest absolute Gasteiger partial charge is 0.294 e. The summed E-state index contributed by atoms with van der Waals surface area (Å²) >= 11 is 1.48. The molecule has 0 N–H and O–H groups in total. The van der Waals surface area contributed by atoms with Crippen LogP contribution < -0.4 is 0 Å². The van der Waals surface area contributed by atoms with Gasteiger partial charge in [-0.25, -0.2) is 0 Å². The van der Waals surface area contributed by atoms with Gasteiger partial charge in [0.05, 0.1) is 10.4 Å². The maximum Gasteiger partial charge on any atom is 0.169 e. The summed E-state index contributed by atoms with van der Waals surface area (Å²) in [6.45, 7) is 7.71. The lowest BCUT2D eigenvalue weighted by Gasteiger charge is -2.09. The van der Waals surface area contributed by atoms with Crippen molar-refractivity contribution >= 4 is 23.3 Å². The minimum atomic E-state index is -0.0552. The molecule has 0 saturated carbocycles. The number of hydrogen-bond acceptors (Lipinski definition) is 3. The molecule has 1 heterocycles. The van der Waals surface area contributed by atoms with E-state index >= 15 is 0 Å². The molecule has 0 aliphatic heterocycles. The van der Waals surface area contributed by atoms with Crippen molar-refractivity contribution < 1.29 is 4.79 Å². The minimum absolute atomic E-state index is 0.0552. The summed E-state index contributed by atoms with van der Waals surface area (Å²) in [5, 5.41) is 0. The van der Waals surface area contributed by atoms with E-state index in [2.05, 4.69) is 4.99 Å². The van der Waals surface area contributed by atoms with Gasteiger partial charge < -0.3 is 0 Å². The van der Waals surface area contributed by atoms with Gasteiger partial charge in [0, 0.05) is 11.1 Å². The van der Waals surface area contributed by atoms with Crippen molar-refractivity contribution in [2.75, 3.05) is 0 Å². The predicted molar refractivity (Wildman–Crippen MR) is 61.7 cm³/mol. The molecular formula is C11H15NOS. The van der Waals surface area contributed by atoms with Crippen LogP contribution >= 0.6 is 11.3 Å². The summed E-state index contributed by atoms with van der Waals surface area (Å²) in [6.07, 6.45) is 1.83. The Hall–Kier alpha value is -0.960. The monoisotopic (exact) mass is 209 g/mol.